The number of fused-ring (bicyclic) bond motifs is 1. The number of hydrogen-bond acceptors (Lipinski definition) is 7. The molecule has 206 valence electrons. The second-order valence-corrected chi connectivity index (χ2v) is 10.2. The first-order chi connectivity index (χ1) is 19.1. The Morgan fingerprint density at radius 2 is 1.80 bits per heavy atom. The van der Waals surface area contributed by atoms with Gasteiger partial charge in [-0.25, -0.2) is 4.98 Å². The highest BCUT2D eigenvalue weighted by Crippen LogP contribution is 2.33. The summed E-state index contributed by atoms with van der Waals surface area (Å²) in [5.74, 6) is 1.71. The third-order valence-corrected chi connectivity index (χ3v) is 7.36. The molecule has 40 heavy (non-hydrogen) atoms. The number of aryl methyl sites for hydroxylation is 2. The van der Waals surface area contributed by atoms with Crippen LogP contribution in [-0.4, -0.2) is 29.7 Å². The van der Waals surface area contributed by atoms with Gasteiger partial charge in [0.15, 0.2) is 0 Å². The molecule has 3 N–H and O–H groups in total. The first-order valence-electron chi connectivity index (χ1n) is 12.7. The summed E-state index contributed by atoms with van der Waals surface area (Å²) >= 11 is 6.25. The van der Waals surface area contributed by atoms with Gasteiger partial charge in [0.1, 0.15) is 34.4 Å². The van der Waals surface area contributed by atoms with Gasteiger partial charge in [-0.3, -0.25) is 14.2 Å². The molecule has 5 rings (SSSR count). The van der Waals surface area contributed by atoms with Crippen molar-refractivity contribution in [2.45, 2.75) is 33.0 Å². The van der Waals surface area contributed by atoms with Crippen molar-refractivity contribution in [1.29, 1.82) is 0 Å². The van der Waals surface area contributed by atoms with Gasteiger partial charge < -0.3 is 25.4 Å². The summed E-state index contributed by atoms with van der Waals surface area (Å²) < 4.78 is 12.3. The van der Waals surface area contributed by atoms with Crippen LogP contribution in [0.1, 0.15) is 39.7 Å². The maximum Gasteiger partial charge on any atom is 0.277 e. The maximum absolute atomic E-state index is 13.9. The van der Waals surface area contributed by atoms with E-state index in [0.29, 0.717) is 57.1 Å². The Morgan fingerprint density at radius 3 is 2.52 bits per heavy atom. The molecule has 0 spiro atoms. The van der Waals surface area contributed by atoms with Crippen LogP contribution in [0.15, 0.2) is 65.6 Å². The highest BCUT2D eigenvalue weighted by atomic mass is 35.5. The average Bonchev–Trinajstić information content (AvgIpc) is 3.23. The minimum atomic E-state index is -1.10. The second kappa shape index (κ2) is 10.6. The average molecular weight is 560 g/mol. The van der Waals surface area contributed by atoms with Crippen molar-refractivity contribution in [2.75, 3.05) is 24.9 Å². The molecular formula is C30H30ClN5O4. The lowest BCUT2D eigenvalue weighted by molar-refractivity contribution is 0.0941. The molecule has 10 heteroatoms. The van der Waals surface area contributed by atoms with Crippen LogP contribution in [0.3, 0.4) is 0 Å². The Balaban J connectivity index is 1.47. The number of aromatic nitrogens is 2. The summed E-state index contributed by atoms with van der Waals surface area (Å²) in [5, 5.41) is 10.1. The number of nitrogens with zero attached hydrogens (tertiary/aromatic N) is 2. The summed E-state index contributed by atoms with van der Waals surface area (Å²) in [4.78, 5) is 31.4. The highest BCUT2D eigenvalue weighted by molar-refractivity contribution is 6.30. The highest BCUT2D eigenvalue weighted by Gasteiger charge is 2.42. The fourth-order valence-electron chi connectivity index (χ4n) is 4.95. The van der Waals surface area contributed by atoms with Crippen LogP contribution in [0.5, 0.6) is 11.5 Å². The minimum absolute atomic E-state index is 0.316. The normalized spacial score (nSPS) is 15.8. The topological polar surface area (TPSA) is 107 Å². The zero-order valence-corrected chi connectivity index (χ0v) is 23.6. The minimum Gasteiger partial charge on any atom is -0.497 e. The van der Waals surface area contributed by atoms with Gasteiger partial charge in [-0.05, 0) is 67.8 Å². The smallest absolute Gasteiger partial charge is 0.277 e. The summed E-state index contributed by atoms with van der Waals surface area (Å²) in [6.45, 7) is 5.99. The molecule has 0 bridgehead atoms. The third-order valence-electron chi connectivity index (χ3n) is 7.12. The summed E-state index contributed by atoms with van der Waals surface area (Å²) in [6, 6.07) is 16.3. The lowest BCUT2D eigenvalue weighted by Gasteiger charge is -2.28. The molecule has 4 aromatic rings. The molecule has 9 nitrogen and oxygen atoms in total. The van der Waals surface area contributed by atoms with Gasteiger partial charge in [0.2, 0.25) is 0 Å². The fourth-order valence-corrected chi connectivity index (χ4v) is 5.14. The van der Waals surface area contributed by atoms with Crippen LogP contribution in [0, 0.1) is 13.8 Å². The Kier molecular flexibility index (Phi) is 7.16. The number of benzene rings is 2. The van der Waals surface area contributed by atoms with E-state index in [0.717, 1.165) is 11.1 Å². The molecule has 2 aromatic heterocycles. The van der Waals surface area contributed by atoms with Crippen molar-refractivity contribution in [3.8, 4) is 11.5 Å². The van der Waals surface area contributed by atoms with E-state index in [1.807, 2.05) is 44.2 Å². The second-order valence-electron chi connectivity index (χ2n) is 9.81. The number of carbonyl (C=O) groups excluding carboxylic acids is 1. The van der Waals surface area contributed by atoms with Crippen molar-refractivity contribution in [2.24, 2.45) is 0 Å². The van der Waals surface area contributed by atoms with Crippen molar-refractivity contribution in [3.05, 3.63) is 104 Å². The predicted octanol–water partition coefficient (Wildman–Crippen LogP) is 5.35. The number of ether oxygens (including phenoxy) is 2. The number of anilines is 3. The monoisotopic (exact) mass is 559 g/mol. The zero-order valence-electron chi connectivity index (χ0n) is 22.9. The standard InChI is InChI=1S/C30H30ClN5O4/c1-17-11-24(29(38)36-27(17)28(37)35-30(36,3)20-7-6-8-21(31)12-20)34-23-14-26(32-15-18(23)2)33-16-19-9-10-22(39-4)13-25(19)40-5/h6-15H,16H2,1-5H3,(H,35,37)(H2,32,33,34). The van der Waals surface area contributed by atoms with Crippen molar-refractivity contribution in [3.63, 3.8) is 0 Å². The van der Waals surface area contributed by atoms with Crippen molar-refractivity contribution in [1.82, 2.24) is 14.9 Å². The summed E-state index contributed by atoms with van der Waals surface area (Å²) in [5.41, 5.74) is 3.07. The quantitative estimate of drug-likeness (QED) is 0.267. The Morgan fingerprint density at radius 1 is 1.00 bits per heavy atom. The van der Waals surface area contributed by atoms with Gasteiger partial charge in [-0.2, -0.15) is 0 Å². The Labute approximate surface area is 237 Å². The molecule has 0 saturated heterocycles. The fraction of sp³-hybridized carbons (Fsp3) is 0.233. The molecule has 3 heterocycles. The molecule has 0 fully saturated rings. The van der Waals surface area contributed by atoms with E-state index in [-0.39, 0.29) is 11.5 Å². The van der Waals surface area contributed by atoms with Crippen molar-refractivity contribution < 1.29 is 14.3 Å². The maximum atomic E-state index is 13.9. The van der Waals surface area contributed by atoms with E-state index in [1.54, 1.807) is 51.6 Å². The molecule has 1 aliphatic heterocycles. The molecule has 1 atom stereocenters. The molecular weight excluding hydrogens is 530 g/mol. The van der Waals surface area contributed by atoms with Gasteiger partial charge in [0, 0.05) is 41.1 Å². The molecule has 0 aliphatic carbocycles. The number of nitrogens with one attached hydrogen (secondary N) is 3. The lowest BCUT2D eigenvalue weighted by atomic mass is 10.0. The Hall–Kier alpha value is -4.50. The SMILES string of the molecule is COc1ccc(CNc2cc(Nc3cc(C)c4n(c3=O)C(C)(c3cccc(Cl)c3)NC4=O)c(C)cn2)c(OC)c1. The van der Waals surface area contributed by atoms with E-state index in [9.17, 15) is 9.59 Å². The largest absolute Gasteiger partial charge is 0.497 e. The number of pyridine rings is 2. The van der Waals surface area contributed by atoms with Crippen LogP contribution in [-0.2, 0) is 12.2 Å². The van der Waals surface area contributed by atoms with Crippen LogP contribution in [0.4, 0.5) is 17.2 Å². The number of amides is 1. The van der Waals surface area contributed by atoms with Gasteiger partial charge in [-0.1, -0.05) is 23.7 Å². The third kappa shape index (κ3) is 4.84. The molecule has 1 aliphatic rings. The molecule has 1 amide bonds. The molecule has 0 radical (unpaired) electrons. The molecule has 1 unspecified atom stereocenters. The van der Waals surface area contributed by atoms with Crippen LogP contribution in [0.25, 0.3) is 0 Å². The summed E-state index contributed by atoms with van der Waals surface area (Å²) in [6.07, 6.45) is 1.73. The van der Waals surface area contributed by atoms with Gasteiger partial charge >= 0.3 is 0 Å². The number of rotatable bonds is 8. The van der Waals surface area contributed by atoms with Crippen LogP contribution in [0.2, 0.25) is 5.02 Å². The summed E-state index contributed by atoms with van der Waals surface area (Å²) in [7, 11) is 3.22. The van der Waals surface area contributed by atoms with Gasteiger partial charge in [0.25, 0.3) is 11.5 Å². The lowest BCUT2D eigenvalue weighted by Crippen LogP contribution is -2.46. The zero-order chi connectivity index (χ0) is 28.6. The van der Waals surface area contributed by atoms with Crippen LogP contribution >= 0.6 is 11.6 Å². The van der Waals surface area contributed by atoms with Gasteiger partial charge in [-0.15, -0.1) is 0 Å². The first-order valence-corrected chi connectivity index (χ1v) is 13.1. The predicted molar refractivity (Wildman–Crippen MR) is 156 cm³/mol. The van der Waals surface area contributed by atoms with Gasteiger partial charge in [0.05, 0.1) is 14.2 Å². The van der Waals surface area contributed by atoms with E-state index >= 15 is 0 Å². The van der Waals surface area contributed by atoms with E-state index in [2.05, 4.69) is 20.9 Å². The number of carbonyl (C=O) groups is 1. The van der Waals surface area contributed by atoms with Crippen molar-refractivity contribution >= 4 is 34.7 Å². The van der Waals surface area contributed by atoms with E-state index < -0.39 is 5.66 Å². The molecule has 0 saturated carbocycles. The first kappa shape index (κ1) is 27.1. The molecule has 2 aromatic carbocycles. The number of hydrogen-bond donors (Lipinski definition) is 3. The number of halogens is 1. The Bertz CT molecular complexity index is 1690. The van der Waals surface area contributed by atoms with E-state index in [4.69, 9.17) is 21.1 Å². The van der Waals surface area contributed by atoms with E-state index in [1.165, 1.54) is 4.57 Å². The van der Waals surface area contributed by atoms with Crippen LogP contribution < -0.4 is 31.0 Å². The number of methoxy groups -OCH3 is 2.